The molecule has 0 saturated carbocycles. The topological polar surface area (TPSA) is 38.3 Å². The highest BCUT2D eigenvalue weighted by atomic mass is 19.1. The summed E-state index contributed by atoms with van der Waals surface area (Å²) >= 11 is 0. The van der Waals surface area contributed by atoms with Gasteiger partial charge in [0.05, 0.1) is 6.04 Å². The molecule has 0 radical (unpaired) electrons. The Morgan fingerprint density at radius 1 is 1.04 bits per heavy atom. The van der Waals surface area contributed by atoms with Crippen molar-refractivity contribution in [3.63, 3.8) is 0 Å². The molecule has 3 nitrogen and oxygen atoms in total. The predicted molar refractivity (Wildman–Crippen MR) is 98.2 cm³/mol. The van der Waals surface area contributed by atoms with Crippen LogP contribution in [0.1, 0.15) is 49.4 Å². The number of carbonyl (C=O) groups excluding carboxylic acids is 1. The molecule has 2 aromatic rings. The molecule has 2 rings (SSSR count). The van der Waals surface area contributed by atoms with Crippen LogP contribution < -0.4 is 10.1 Å². The third-order valence-electron chi connectivity index (χ3n) is 4.41. The van der Waals surface area contributed by atoms with Crippen LogP contribution in [0.5, 0.6) is 5.75 Å². The van der Waals surface area contributed by atoms with Crippen molar-refractivity contribution in [1.82, 2.24) is 5.32 Å². The quantitative estimate of drug-likeness (QED) is 0.779. The number of amides is 1. The highest BCUT2D eigenvalue weighted by molar-refractivity contribution is 5.81. The highest BCUT2D eigenvalue weighted by Gasteiger charge is 2.22. The van der Waals surface area contributed by atoms with Gasteiger partial charge in [-0.25, -0.2) is 4.39 Å². The van der Waals surface area contributed by atoms with Gasteiger partial charge in [-0.2, -0.15) is 0 Å². The molecule has 0 fully saturated rings. The minimum atomic E-state index is -0.606. The van der Waals surface area contributed by atoms with E-state index >= 15 is 0 Å². The van der Waals surface area contributed by atoms with E-state index < -0.39 is 6.10 Å². The van der Waals surface area contributed by atoms with Gasteiger partial charge in [-0.05, 0) is 67.6 Å². The first-order chi connectivity index (χ1) is 11.9. The Balaban J connectivity index is 2.08. The Labute approximate surface area is 149 Å². The Morgan fingerprint density at radius 3 is 2.28 bits per heavy atom. The van der Waals surface area contributed by atoms with Crippen LogP contribution in [0.25, 0.3) is 0 Å². The Bertz CT molecular complexity index is 712. The van der Waals surface area contributed by atoms with Crippen molar-refractivity contribution in [1.29, 1.82) is 0 Å². The molecule has 25 heavy (non-hydrogen) atoms. The van der Waals surface area contributed by atoms with Crippen LogP contribution in [0.4, 0.5) is 4.39 Å². The molecule has 0 saturated heterocycles. The summed E-state index contributed by atoms with van der Waals surface area (Å²) < 4.78 is 18.7. The lowest BCUT2D eigenvalue weighted by Crippen LogP contribution is -2.40. The molecule has 134 valence electrons. The molecule has 2 aromatic carbocycles. The molecule has 1 amide bonds. The highest BCUT2D eigenvalue weighted by Crippen LogP contribution is 2.21. The van der Waals surface area contributed by atoms with Crippen LogP contribution in [0.2, 0.25) is 0 Å². The maximum Gasteiger partial charge on any atom is 0.261 e. The lowest BCUT2D eigenvalue weighted by Gasteiger charge is -2.23. The molecule has 4 heteroatoms. The van der Waals surface area contributed by atoms with Crippen LogP contribution in [0.3, 0.4) is 0 Å². The molecule has 2 atom stereocenters. The second-order valence-corrected chi connectivity index (χ2v) is 6.28. The van der Waals surface area contributed by atoms with Gasteiger partial charge in [0.1, 0.15) is 11.6 Å². The zero-order valence-corrected chi connectivity index (χ0v) is 15.3. The number of aryl methyl sites for hydroxylation is 2. The Morgan fingerprint density at radius 2 is 1.72 bits per heavy atom. The molecule has 0 unspecified atom stereocenters. The molecule has 1 N–H and O–H groups in total. The van der Waals surface area contributed by atoms with Crippen LogP contribution >= 0.6 is 0 Å². The number of benzene rings is 2. The average molecular weight is 343 g/mol. The first kappa shape index (κ1) is 19.0. The summed E-state index contributed by atoms with van der Waals surface area (Å²) in [7, 11) is 0. The zero-order valence-electron chi connectivity index (χ0n) is 15.3. The molecule has 0 aliphatic rings. The van der Waals surface area contributed by atoms with E-state index in [4.69, 9.17) is 4.74 Å². The minimum absolute atomic E-state index is 0.0577. The maximum absolute atomic E-state index is 13.0. The van der Waals surface area contributed by atoms with Crippen molar-refractivity contribution in [2.75, 3.05) is 0 Å². The van der Waals surface area contributed by atoms with E-state index in [2.05, 4.69) is 37.4 Å². The minimum Gasteiger partial charge on any atom is -0.481 e. The summed E-state index contributed by atoms with van der Waals surface area (Å²) in [6.07, 6.45) is 0.722. The summed E-state index contributed by atoms with van der Waals surface area (Å²) in [5.41, 5.74) is 3.53. The first-order valence-corrected chi connectivity index (χ1v) is 8.74. The lowest BCUT2D eigenvalue weighted by atomic mass is 9.99. The maximum atomic E-state index is 13.0. The molecular formula is C21H26FNO2. The van der Waals surface area contributed by atoms with E-state index in [-0.39, 0.29) is 17.8 Å². The largest absolute Gasteiger partial charge is 0.481 e. The van der Waals surface area contributed by atoms with E-state index in [9.17, 15) is 9.18 Å². The van der Waals surface area contributed by atoms with Crippen molar-refractivity contribution in [3.05, 3.63) is 65.0 Å². The molecule has 0 aromatic heterocycles. The van der Waals surface area contributed by atoms with Crippen LogP contribution in [-0.4, -0.2) is 12.0 Å². The number of carbonyl (C=O) groups is 1. The van der Waals surface area contributed by atoms with Gasteiger partial charge >= 0.3 is 0 Å². The van der Waals surface area contributed by atoms with Crippen molar-refractivity contribution >= 4 is 5.91 Å². The van der Waals surface area contributed by atoms with E-state index in [0.717, 1.165) is 12.0 Å². The number of rotatable bonds is 7. The van der Waals surface area contributed by atoms with E-state index in [1.165, 1.54) is 35.4 Å². The third kappa shape index (κ3) is 5.05. The number of nitrogens with one attached hydrogen (secondary N) is 1. The second-order valence-electron chi connectivity index (χ2n) is 6.28. The molecular weight excluding hydrogens is 317 g/mol. The van der Waals surface area contributed by atoms with E-state index in [0.29, 0.717) is 12.2 Å². The fraction of sp³-hybridized carbons (Fsp3) is 0.381. The van der Waals surface area contributed by atoms with Crippen LogP contribution in [0, 0.1) is 19.7 Å². The summed E-state index contributed by atoms with van der Waals surface area (Å²) in [5, 5.41) is 3.07. The standard InChI is InChI=1S/C21H26FNO2/c1-5-19(16-8-7-14(3)15(4)13-16)23-21(24)20(6-2)25-18-11-9-17(22)10-12-18/h7-13,19-20H,5-6H2,1-4H3,(H,23,24)/t19-,20-/m1/s1. The normalized spacial score (nSPS) is 13.2. The first-order valence-electron chi connectivity index (χ1n) is 8.74. The zero-order chi connectivity index (χ0) is 18.4. The van der Waals surface area contributed by atoms with E-state index in [1.54, 1.807) is 0 Å². The molecule has 0 spiro atoms. The second kappa shape index (κ2) is 8.65. The molecule has 0 heterocycles. The fourth-order valence-electron chi connectivity index (χ4n) is 2.67. The Kier molecular flexibility index (Phi) is 6.57. The molecule has 0 bridgehead atoms. The molecule has 0 aliphatic carbocycles. The summed E-state index contributed by atoms with van der Waals surface area (Å²) in [4.78, 5) is 12.6. The monoisotopic (exact) mass is 343 g/mol. The van der Waals surface area contributed by atoms with Crippen molar-refractivity contribution in [2.45, 2.75) is 52.7 Å². The summed E-state index contributed by atoms with van der Waals surface area (Å²) in [6, 6.07) is 11.9. The van der Waals surface area contributed by atoms with Gasteiger partial charge in [-0.1, -0.05) is 32.0 Å². The van der Waals surface area contributed by atoms with Gasteiger partial charge in [0.15, 0.2) is 6.10 Å². The number of hydrogen-bond acceptors (Lipinski definition) is 2. The van der Waals surface area contributed by atoms with Crippen molar-refractivity contribution in [2.24, 2.45) is 0 Å². The fourth-order valence-corrected chi connectivity index (χ4v) is 2.67. The molecule has 0 aliphatic heterocycles. The third-order valence-corrected chi connectivity index (χ3v) is 4.41. The van der Waals surface area contributed by atoms with Crippen LogP contribution in [-0.2, 0) is 4.79 Å². The van der Waals surface area contributed by atoms with Crippen LogP contribution in [0.15, 0.2) is 42.5 Å². The summed E-state index contributed by atoms with van der Waals surface area (Å²) in [5.74, 6) is 0.00479. The Hall–Kier alpha value is -2.36. The smallest absolute Gasteiger partial charge is 0.261 e. The average Bonchev–Trinajstić information content (AvgIpc) is 2.61. The summed E-state index contributed by atoms with van der Waals surface area (Å²) in [6.45, 7) is 8.08. The SMILES string of the molecule is CC[C@@H](Oc1ccc(F)cc1)C(=O)N[C@H](CC)c1ccc(C)c(C)c1. The number of ether oxygens (including phenoxy) is 1. The van der Waals surface area contributed by atoms with E-state index in [1.807, 2.05) is 13.8 Å². The predicted octanol–water partition coefficient (Wildman–Crippen LogP) is 4.87. The van der Waals surface area contributed by atoms with Gasteiger partial charge in [-0.3, -0.25) is 4.79 Å². The van der Waals surface area contributed by atoms with Gasteiger partial charge in [0.25, 0.3) is 5.91 Å². The van der Waals surface area contributed by atoms with Gasteiger partial charge < -0.3 is 10.1 Å². The van der Waals surface area contributed by atoms with Crippen molar-refractivity contribution in [3.8, 4) is 5.75 Å². The van der Waals surface area contributed by atoms with Gasteiger partial charge in [-0.15, -0.1) is 0 Å². The number of hydrogen-bond donors (Lipinski definition) is 1. The van der Waals surface area contributed by atoms with Gasteiger partial charge in [0, 0.05) is 0 Å². The van der Waals surface area contributed by atoms with Crippen molar-refractivity contribution < 1.29 is 13.9 Å². The van der Waals surface area contributed by atoms with Gasteiger partial charge in [0.2, 0.25) is 0 Å². The number of halogens is 1. The lowest BCUT2D eigenvalue weighted by molar-refractivity contribution is -0.128.